The lowest BCUT2D eigenvalue weighted by molar-refractivity contribution is -0.149. The van der Waals surface area contributed by atoms with Crippen LogP contribution in [0.5, 0.6) is 5.75 Å². The second-order valence-corrected chi connectivity index (χ2v) is 8.64. The average molecular weight is 399 g/mol. The van der Waals surface area contributed by atoms with Crippen LogP contribution in [0.25, 0.3) is 11.0 Å². The zero-order chi connectivity index (χ0) is 20.8. The number of ether oxygens (including phenoxy) is 1. The number of carbonyl (C=O) groups excluding carboxylic acids is 1. The third-order valence-electron chi connectivity index (χ3n) is 6.83. The minimum Gasteiger partial charge on any atom is -0.481 e. The van der Waals surface area contributed by atoms with Crippen molar-refractivity contribution in [3.8, 4) is 5.75 Å². The number of nitrogens with zero attached hydrogens (tertiary/aromatic N) is 1. The van der Waals surface area contributed by atoms with Crippen molar-refractivity contribution in [1.29, 1.82) is 0 Å². The van der Waals surface area contributed by atoms with E-state index in [1.54, 1.807) is 26.0 Å². The maximum atomic E-state index is 12.9. The Morgan fingerprint density at radius 2 is 2.07 bits per heavy atom. The van der Waals surface area contributed by atoms with E-state index in [9.17, 15) is 14.7 Å². The zero-order valence-corrected chi connectivity index (χ0v) is 17.4. The fourth-order valence-electron chi connectivity index (χ4n) is 4.78. The molecule has 1 N–H and O–H groups in total. The van der Waals surface area contributed by atoms with Crippen molar-refractivity contribution in [1.82, 2.24) is 4.90 Å². The molecule has 1 saturated carbocycles. The summed E-state index contributed by atoms with van der Waals surface area (Å²) in [5, 5.41) is 11.7. The fraction of sp³-hybridized carbons (Fsp3) is 0.565. The highest BCUT2D eigenvalue weighted by Crippen LogP contribution is 2.40. The van der Waals surface area contributed by atoms with Crippen LogP contribution >= 0.6 is 0 Å². The smallest absolute Gasteiger partial charge is 0.339 e. The molecule has 6 nitrogen and oxygen atoms in total. The van der Waals surface area contributed by atoms with Gasteiger partial charge in [-0.2, -0.15) is 0 Å². The highest BCUT2D eigenvalue weighted by atomic mass is 16.5. The molecule has 2 fully saturated rings. The Labute approximate surface area is 170 Å². The Morgan fingerprint density at radius 1 is 1.28 bits per heavy atom. The monoisotopic (exact) mass is 399 g/mol. The van der Waals surface area contributed by atoms with Crippen LogP contribution in [-0.2, 0) is 4.79 Å². The first-order chi connectivity index (χ1) is 13.8. The fourth-order valence-corrected chi connectivity index (χ4v) is 4.78. The molecule has 1 amide bonds. The summed E-state index contributed by atoms with van der Waals surface area (Å²) in [5.74, 6) is 0.581. The first kappa shape index (κ1) is 20.0. The molecule has 0 radical (unpaired) electrons. The summed E-state index contributed by atoms with van der Waals surface area (Å²) in [6.07, 6.45) is 3.97. The molecule has 29 heavy (non-hydrogen) atoms. The molecule has 4 rings (SSSR count). The number of rotatable bonds is 3. The number of aliphatic hydroxyl groups is 1. The van der Waals surface area contributed by atoms with Gasteiger partial charge in [-0.15, -0.1) is 0 Å². The second kappa shape index (κ2) is 7.48. The Hall–Kier alpha value is -2.34. The lowest BCUT2D eigenvalue weighted by Crippen LogP contribution is -2.56. The van der Waals surface area contributed by atoms with E-state index >= 15 is 0 Å². The van der Waals surface area contributed by atoms with Crippen LogP contribution in [0.4, 0.5) is 0 Å². The van der Waals surface area contributed by atoms with Gasteiger partial charge in [0.2, 0.25) is 0 Å². The minimum atomic E-state index is -0.652. The Morgan fingerprint density at radius 3 is 2.86 bits per heavy atom. The number of piperidine rings is 1. The van der Waals surface area contributed by atoms with E-state index in [0.29, 0.717) is 36.4 Å². The SMILES string of the molecule is Cc1c(C)c2ccc(O[C@@H](C)C(=O)N3CC[C@@]4(O)CCCC[C@H]4C3)cc2oc1=O. The summed E-state index contributed by atoms with van der Waals surface area (Å²) in [7, 11) is 0. The van der Waals surface area contributed by atoms with E-state index in [0.717, 1.165) is 36.6 Å². The van der Waals surface area contributed by atoms with Crippen molar-refractivity contribution in [2.75, 3.05) is 13.1 Å². The van der Waals surface area contributed by atoms with Gasteiger partial charge in [0.05, 0.1) is 5.60 Å². The largest absolute Gasteiger partial charge is 0.481 e. The molecule has 156 valence electrons. The molecule has 3 atom stereocenters. The van der Waals surface area contributed by atoms with Gasteiger partial charge in [0.15, 0.2) is 6.10 Å². The number of benzene rings is 1. The Balaban J connectivity index is 1.47. The number of fused-ring (bicyclic) bond motifs is 2. The highest BCUT2D eigenvalue weighted by Gasteiger charge is 2.44. The van der Waals surface area contributed by atoms with Crippen molar-refractivity contribution in [2.24, 2.45) is 5.92 Å². The zero-order valence-electron chi connectivity index (χ0n) is 17.4. The quantitative estimate of drug-likeness (QED) is 0.801. The van der Waals surface area contributed by atoms with Crippen LogP contribution < -0.4 is 10.4 Å². The standard InChI is InChI=1S/C23H29NO5/c1-14-15(2)22(26)29-20-12-18(7-8-19(14)20)28-16(3)21(25)24-11-10-23(27)9-5-4-6-17(23)13-24/h7-8,12,16-17,27H,4-6,9-11,13H2,1-3H3/t16-,17-,23-/m0/s1. The lowest BCUT2D eigenvalue weighted by Gasteiger charge is -2.47. The number of hydrogen-bond donors (Lipinski definition) is 1. The topological polar surface area (TPSA) is 80.0 Å². The van der Waals surface area contributed by atoms with E-state index in [1.807, 2.05) is 17.9 Å². The van der Waals surface area contributed by atoms with Gasteiger partial charge in [0.25, 0.3) is 5.91 Å². The first-order valence-corrected chi connectivity index (χ1v) is 10.5. The maximum Gasteiger partial charge on any atom is 0.339 e. The molecular formula is C23H29NO5. The highest BCUT2D eigenvalue weighted by molar-refractivity contribution is 5.83. The van der Waals surface area contributed by atoms with Crippen LogP contribution in [-0.4, -0.2) is 40.7 Å². The number of aryl methyl sites for hydroxylation is 1. The molecule has 2 heterocycles. The number of likely N-dealkylation sites (tertiary alicyclic amines) is 1. The van der Waals surface area contributed by atoms with E-state index in [-0.39, 0.29) is 17.5 Å². The normalized spacial score (nSPS) is 25.5. The molecule has 1 aromatic heterocycles. The molecule has 0 spiro atoms. The molecule has 1 saturated heterocycles. The van der Waals surface area contributed by atoms with Gasteiger partial charge in [-0.1, -0.05) is 12.8 Å². The van der Waals surface area contributed by atoms with Crippen LogP contribution in [0.2, 0.25) is 0 Å². The van der Waals surface area contributed by atoms with Crippen molar-refractivity contribution >= 4 is 16.9 Å². The molecule has 1 aliphatic heterocycles. The third kappa shape index (κ3) is 3.66. The third-order valence-corrected chi connectivity index (χ3v) is 6.83. The summed E-state index contributed by atoms with van der Waals surface area (Å²) >= 11 is 0. The summed E-state index contributed by atoms with van der Waals surface area (Å²) in [6, 6.07) is 5.33. The van der Waals surface area contributed by atoms with E-state index in [4.69, 9.17) is 9.15 Å². The van der Waals surface area contributed by atoms with Crippen molar-refractivity contribution in [3.05, 3.63) is 39.7 Å². The lowest BCUT2D eigenvalue weighted by atomic mass is 9.71. The minimum absolute atomic E-state index is 0.0701. The summed E-state index contributed by atoms with van der Waals surface area (Å²) in [5.41, 5.74) is 0.984. The van der Waals surface area contributed by atoms with Crippen molar-refractivity contribution < 1.29 is 19.1 Å². The summed E-state index contributed by atoms with van der Waals surface area (Å²) < 4.78 is 11.3. The molecule has 6 heteroatoms. The molecule has 0 bridgehead atoms. The number of amides is 1. The van der Waals surface area contributed by atoms with Gasteiger partial charge >= 0.3 is 5.63 Å². The van der Waals surface area contributed by atoms with Gasteiger partial charge < -0.3 is 19.2 Å². The molecule has 0 unspecified atom stereocenters. The Bertz CT molecular complexity index is 997. The molecule has 2 aliphatic rings. The van der Waals surface area contributed by atoms with E-state index < -0.39 is 11.7 Å². The van der Waals surface area contributed by atoms with Crippen LogP contribution in [0.1, 0.15) is 50.2 Å². The predicted octanol–water partition coefficient (Wildman–Crippen LogP) is 3.33. The summed E-state index contributed by atoms with van der Waals surface area (Å²) in [6.45, 7) is 6.53. The Kier molecular flexibility index (Phi) is 5.15. The van der Waals surface area contributed by atoms with Gasteiger partial charge in [-0.05, 0) is 57.7 Å². The van der Waals surface area contributed by atoms with Crippen LogP contribution in [0.3, 0.4) is 0 Å². The van der Waals surface area contributed by atoms with Crippen molar-refractivity contribution in [3.63, 3.8) is 0 Å². The van der Waals surface area contributed by atoms with E-state index in [2.05, 4.69) is 0 Å². The van der Waals surface area contributed by atoms with Crippen LogP contribution in [0.15, 0.2) is 27.4 Å². The number of hydrogen-bond acceptors (Lipinski definition) is 5. The van der Waals surface area contributed by atoms with Crippen LogP contribution in [0, 0.1) is 19.8 Å². The molecular weight excluding hydrogens is 370 g/mol. The second-order valence-electron chi connectivity index (χ2n) is 8.64. The van der Waals surface area contributed by atoms with Gasteiger partial charge in [-0.3, -0.25) is 4.79 Å². The molecule has 1 aliphatic carbocycles. The van der Waals surface area contributed by atoms with E-state index in [1.165, 1.54) is 0 Å². The van der Waals surface area contributed by atoms with Crippen molar-refractivity contribution in [2.45, 2.75) is 64.6 Å². The molecule has 2 aromatic rings. The van der Waals surface area contributed by atoms with Gasteiger partial charge in [-0.25, -0.2) is 4.79 Å². The van der Waals surface area contributed by atoms with Gasteiger partial charge in [0.1, 0.15) is 11.3 Å². The summed E-state index contributed by atoms with van der Waals surface area (Å²) in [4.78, 5) is 26.7. The predicted molar refractivity (Wildman–Crippen MR) is 110 cm³/mol. The first-order valence-electron chi connectivity index (χ1n) is 10.5. The molecule has 1 aromatic carbocycles. The maximum absolute atomic E-state index is 12.9. The number of carbonyl (C=O) groups is 1. The average Bonchev–Trinajstić information content (AvgIpc) is 2.70. The van der Waals surface area contributed by atoms with Gasteiger partial charge in [0, 0.05) is 36.0 Å².